The molecule has 0 aromatic heterocycles. The molecule has 10 heavy (non-hydrogen) atoms. The first-order valence-electron chi connectivity index (χ1n) is 4.14. The predicted molar refractivity (Wildman–Crippen MR) is 44.4 cm³/mol. The van der Waals surface area contributed by atoms with Gasteiger partial charge in [-0.15, -0.1) is 0 Å². The van der Waals surface area contributed by atoms with Crippen LogP contribution in [0.5, 0.6) is 0 Å². The average molecular weight is 158 g/mol. The maximum absolute atomic E-state index is 5.71. The number of ether oxygens (including phenoxy) is 1. The van der Waals surface area contributed by atoms with Crippen molar-refractivity contribution in [3.8, 4) is 0 Å². The van der Waals surface area contributed by atoms with Crippen LogP contribution in [0.3, 0.4) is 0 Å². The van der Waals surface area contributed by atoms with Gasteiger partial charge in [0.2, 0.25) is 0 Å². The van der Waals surface area contributed by atoms with Crippen LogP contribution in [-0.2, 0) is 4.74 Å². The Kier molecular flexibility index (Phi) is 2.19. The number of hydrogen-bond acceptors (Lipinski definition) is 2. The number of hydrogen-bond donors (Lipinski definition) is 0. The topological polar surface area (TPSA) is 9.23 Å². The largest absolute Gasteiger partial charge is 0.377 e. The molecule has 2 fully saturated rings. The van der Waals surface area contributed by atoms with Gasteiger partial charge < -0.3 is 4.74 Å². The minimum Gasteiger partial charge on any atom is -0.377 e. The van der Waals surface area contributed by atoms with E-state index in [2.05, 4.69) is 11.8 Å². The van der Waals surface area contributed by atoms with E-state index in [0.717, 1.165) is 12.5 Å². The summed E-state index contributed by atoms with van der Waals surface area (Å²) in [7, 11) is 0. The minimum atomic E-state index is 0.595. The van der Waals surface area contributed by atoms with Gasteiger partial charge >= 0.3 is 0 Å². The molecular weight excluding hydrogens is 144 g/mol. The second-order valence-corrected chi connectivity index (χ2v) is 4.36. The zero-order chi connectivity index (χ0) is 6.81. The van der Waals surface area contributed by atoms with Gasteiger partial charge in [-0.1, -0.05) is 6.42 Å². The molecule has 2 aliphatic heterocycles. The average Bonchev–Trinajstić information content (AvgIpc) is 2.17. The van der Waals surface area contributed by atoms with Gasteiger partial charge in [0.05, 0.1) is 12.7 Å². The third kappa shape index (κ3) is 1.48. The van der Waals surface area contributed by atoms with Crippen LogP contribution >= 0.6 is 11.8 Å². The zero-order valence-corrected chi connectivity index (χ0v) is 7.03. The highest BCUT2D eigenvalue weighted by molar-refractivity contribution is 7.99. The highest BCUT2D eigenvalue weighted by Crippen LogP contribution is 2.28. The van der Waals surface area contributed by atoms with Crippen molar-refractivity contribution in [3.63, 3.8) is 0 Å². The summed E-state index contributed by atoms with van der Waals surface area (Å²) < 4.78 is 5.71. The van der Waals surface area contributed by atoms with E-state index in [4.69, 9.17) is 4.74 Å². The summed E-state index contributed by atoms with van der Waals surface area (Å²) >= 11 is 2.08. The summed E-state index contributed by atoms with van der Waals surface area (Å²) in [5, 5.41) is 0. The van der Waals surface area contributed by atoms with Gasteiger partial charge in [0, 0.05) is 5.75 Å². The Hall–Kier alpha value is 0.310. The van der Waals surface area contributed by atoms with Crippen LogP contribution in [0.25, 0.3) is 0 Å². The molecule has 0 aromatic rings. The molecule has 0 saturated carbocycles. The van der Waals surface area contributed by atoms with Crippen molar-refractivity contribution in [3.05, 3.63) is 0 Å². The van der Waals surface area contributed by atoms with E-state index in [1.165, 1.54) is 30.8 Å². The van der Waals surface area contributed by atoms with Crippen molar-refractivity contribution in [2.45, 2.75) is 25.4 Å². The van der Waals surface area contributed by atoms with E-state index in [9.17, 15) is 0 Å². The highest BCUT2D eigenvalue weighted by Gasteiger charge is 2.23. The van der Waals surface area contributed by atoms with Crippen LogP contribution < -0.4 is 0 Å². The molecule has 2 unspecified atom stereocenters. The van der Waals surface area contributed by atoms with Crippen molar-refractivity contribution in [2.24, 2.45) is 5.92 Å². The predicted octanol–water partition coefficient (Wildman–Crippen LogP) is 1.92. The Labute approximate surface area is 66.5 Å². The second kappa shape index (κ2) is 3.14. The summed E-state index contributed by atoms with van der Waals surface area (Å²) in [5.74, 6) is 3.46. The molecule has 2 heteroatoms. The first-order chi connectivity index (χ1) is 4.95. The lowest BCUT2D eigenvalue weighted by molar-refractivity contribution is 0.0633. The maximum atomic E-state index is 5.71. The fourth-order valence-electron chi connectivity index (χ4n) is 1.70. The normalized spacial score (nSPS) is 40.8. The van der Waals surface area contributed by atoms with Crippen LogP contribution in [0.15, 0.2) is 0 Å². The van der Waals surface area contributed by atoms with Crippen molar-refractivity contribution in [1.29, 1.82) is 0 Å². The molecule has 58 valence electrons. The molecular formula is C8H14OS. The fourth-order valence-corrected chi connectivity index (χ4v) is 2.96. The molecule has 0 N–H and O–H groups in total. The van der Waals surface area contributed by atoms with Gasteiger partial charge in [-0.05, 0) is 24.5 Å². The maximum Gasteiger partial charge on any atom is 0.0665 e. The zero-order valence-electron chi connectivity index (χ0n) is 6.21. The lowest BCUT2D eigenvalue weighted by Crippen LogP contribution is -2.12. The van der Waals surface area contributed by atoms with E-state index in [-0.39, 0.29) is 0 Å². The molecule has 2 aliphatic rings. The molecule has 0 spiro atoms. The van der Waals surface area contributed by atoms with E-state index >= 15 is 0 Å². The van der Waals surface area contributed by atoms with Crippen LogP contribution in [0.4, 0.5) is 0 Å². The summed E-state index contributed by atoms with van der Waals surface area (Å²) in [6, 6.07) is 0. The van der Waals surface area contributed by atoms with Crippen molar-refractivity contribution in [1.82, 2.24) is 0 Å². The SMILES string of the molecule is C1CC2COC(C1)CSC2. The van der Waals surface area contributed by atoms with Crippen molar-refractivity contribution < 1.29 is 4.74 Å². The standard InChI is InChI=1S/C8H14OS/c1-2-7-4-9-8(3-1)6-10-5-7/h7-8H,1-6H2. The van der Waals surface area contributed by atoms with Gasteiger partial charge in [0.15, 0.2) is 0 Å². The number of fused-ring (bicyclic) bond motifs is 3. The Bertz CT molecular complexity index is 93.8. The second-order valence-electron chi connectivity index (χ2n) is 3.29. The monoisotopic (exact) mass is 158 g/mol. The summed E-state index contributed by atoms with van der Waals surface area (Å²) in [6.45, 7) is 1.04. The van der Waals surface area contributed by atoms with E-state index in [1.807, 2.05) is 0 Å². The third-order valence-corrected chi connectivity index (χ3v) is 3.68. The van der Waals surface area contributed by atoms with Gasteiger partial charge in [-0.2, -0.15) is 11.8 Å². The quantitative estimate of drug-likeness (QED) is 0.532. The molecule has 0 amide bonds. The Balaban J connectivity index is 2.01. The molecule has 1 nitrogen and oxygen atoms in total. The lowest BCUT2D eigenvalue weighted by Gasteiger charge is -2.12. The third-order valence-electron chi connectivity index (χ3n) is 2.36. The van der Waals surface area contributed by atoms with Crippen LogP contribution in [0.2, 0.25) is 0 Å². The van der Waals surface area contributed by atoms with E-state index < -0.39 is 0 Å². The van der Waals surface area contributed by atoms with Crippen molar-refractivity contribution >= 4 is 11.8 Å². The van der Waals surface area contributed by atoms with Crippen LogP contribution in [0, 0.1) is 5.92 Å². The lowest BCUT2D eigenvalue weighted by atomic mass is 10.1. The number of thioether (sulfide) groups is 1. The molecule has 0 aromatic carbocycles. The summed E-state index contributed by atoms with van der Waals surface area (Å²) in [6.07, 6.45) is 4.71. The van der Waals surface area contributed by atoms with Crippen LogP contribution in [-0.4, -0.2) is 24.2 Å². The fraction of sp³-hybridized carbons (Fsp3) is 1.00. The van der Waals surface area contributed by atoms with Gasteiger partial charge in [0.25, 0.3) is 0 Å². The number of rotatable bonds is 0. The van der Waals surface area contributed by atoms with Crippen molar-refractivity contribution in [2.75, 3.05) is 18.1 Å². The van der Waals surface area contributed by atoms with Gasteiger partial charge in [0.1, 0.15) is 0 Å². The molecule has 2 rings (SSSR count). The van der Waals surface area contributed by atoms with Gasteiger partial charge in [-0.3, -0.25) is 0 Å². The van der Waals surface area contributed by atoms with E-state index in [1.54, 1.807) is 0 Å². The van der Waals surface area contributed by atoms with Crippen LogP contribution in [0.1, 0.15) is 19.3 Å². The first kappa shape index (κ1) is 6.99. The van der Waals surface area contributed by atoms with Gasteiger partial charge in [-0.25, -0.2) is 0 Å². The molecule has 2 atom stereocenters. The Morgan fingerprint density at radius 3 is 3.20 bits per heavy atom. The molecule has 0 aliphatic carbocycles. The molecule has 2 saturated heterocycles. The minimum absolute atomic E-state index is 0.595. The Morgan fingerprint density at radius 1 is 1.20 bits per heavy atom. The Morgan fingerprint density at radius 2 is 2.20 bits per heavy atom. The molecule has 2 bridgehead atoms. The summed E-state index contributed by atoms with van der Waals surface area (Å²) in [5.41, 5.74) is 0. The first-order valence-corrected chi connectivity index (χ1v) is 5.30. The smallest absolute Gasteiger partial charge is 0.0665 e. The molecule has 2 heterocycles. The summed E-state index contributed by atoms with van der Waals surface area (Å²) in [4.78, 5) is 0. The highest BCUT2D eigenvalue weighted by atomic mass is 32.2. The van der Waals surface area contributed by atoms with E-state index in [0.29, 0.717) is 6.10 Å². The molecule has 0 radical (unpaired) electrons.